The molecule has 0 saturated carbocycles. The molecule has 0 bridgehead atoms. The molecular formula is C3H4ClN3O2. The van der Waals surface area contributed by atoms with Crippen LogP contribution in [-0.4, -0.2) is 15.2 Å². The summed E-state index contributed by atoms with van der Waals surface area (Å²) in [5.74, 6) is 0. The summed E-state index contributed by atoms with van der Waals surface area (Å²) in [6, 6.07) is 0. The molecule has 0 saturated heterocycles. The van der Waals surface area contributed by atoms with Gasteiger partial charge in [0.15, 0.2) is 0 Å². The van der Waals surface area contributed by atoms with Gasteiger partial charge in [0.05, 0.1) is 0 Å². The first-order valence-electron chi connectivity index (χ1n) is 1.93. The maximum atomic E-state index is 10.2. The third-order valence-electron chi connectivity index (χ3n) is 0.585. The summed E-state index contributed by atoms with van der Waals surface area (Å²) in [7, 11) is 0. The lowest BCUT2D eigenvalue weighted by Gasteiger charge is -1.74. The summed E-state index contributed by atoms with van der Waals surface area (Å²) in [5, 5.41) is 5.21. The predicted molar refractivity (Wildman–Crippen MR) is 32.7 cm³/mol. The fraction of sp³-hybridized carbons (Fsp3) is 0. The van der Waals surface area contributed by atoms with Gasteiger partial charge in [-0.15, -0.1) is 12.4 Å². The summed E-state index contributed by atoms with van der Waals surface area (Å²) in [4.78, 5) is 22.2. The molecule has 0 atom stereocenters. The average Bonchev–Trinajstić information content (AvgIpc) is 1.64. The second kappa shape index (κ2) is 3.03. The molecule has 0 aliphatic carbocycles. The van der Waals surface area contributed by atoms with Crippen molar-refractivity contribution < 1.29 is 0 Å². The molecule has 1 rings (SSSR count). The number of H-pyrrole nitrogens is 2. The maximum absolute atomic E-state index is 10.2. The second-order valence-electron chi connectivity index (χ2n) is 1.19. The molecule has 0 spiro atoms. The highest BCUT2D eigenvalue weighted by Crippen LogP contribution is 1.40. The van der Waals surface area contributed by atoms with E-state index >= 15 is 0 Å². The zero-order valence-electron chi connectivity index (χ0n) is 4.25. The third-order valence-corrected chi connectivity index (χ3v) is 0.585. The van der Waals surface area contributed by atoms with Gasteiger partial charge in [-0.2, -0.15) is 5.10 Å². The molecule has 2 N–H and O–H groups in total. The van der Waals surface area contributed by atoms with Gasteiger partial charge in [-0.3, -0.25) is 9.78 Å². The molecule has 0 fully saturated rings. The van der Waals surface area contributed by atoms with Crippen molar-refractivity contribution in [2.24, 2.45) is 0 Å². The molecule has 0 radical (unpaired) electrons. The Kier molecular flexibility index (Phi) is 2.66. The van der Waals surface area contributed by atoms with Crippen LogP contribution in [0, 0.1) is 0 Å². The van der Waals surface area contributed by atoms with Crippen LogP contribution in [0.2, 0.25) is 0 Å². The number of nitrogens with one attached hydrogen (secondary N) is 2. The lowest BCUT2D eigenvalue weighted by Crippen LogP contribution is -2.21. The minimum atomic E-state index is -0.586. The van der Waals surface area contributed by atoms with Crippen molar-refractivity contribution >= 4 is 12.4 Å². The molecule has 50 valence electrons. The summed E-state index contributed by atoms with van der Waals surface area (Å²) in [5.41, 5.74) is -1.08. The van der Waals surface area contributed by atoms with Crippen LogP contribution in [0.3, 0.4) is 0 Å². The fourth-order valence-corrected chi connectivity index (χ4v) is 0.322. The van der Waals surface area contributed by atoms with Crippen LogP contribution in [0.1, 0.15) is 0 Å². The Bertz CT molecular complexity index is 251. The molecule has 1 aromatic heterocycles. The number of aromatic nitrogens is 3. The second-order valence-corrected chi connectivity index (χ2v) is 1.19. The Balaban J connectivity index is 0.000000640. The zero-order chi connectivity index (χ0) is 5.98. The van der Waals surface area contributed by atoms with E-state index in [0.717, 1.165) is 6.20 Å². The van der Waals surface area contributed by atoms with Gasteiger partial charge in [-0.05, 0) is 0 Å². The number of hydrogen-bond acceptors (Lipinski definition) is 3. The Morgan fingerprint density at radius 1 is 1.44 bits per heavy atom. The van der Waals surface area contributed by atoms with Crippen LogP contribution in [0.5, 0.6) is 0 Å². The normalized spacial score (nSPS) is 8.00. The number of hydrogen-bond donors (Lipinski definition) is 2. The molecular weight excluding hydrogens is 146 g/mol. The predicted octanol–water partition coefficient (Wildman–Crippen LogP) is -1.12. The topological polar surface area (TPSA) is 78.6 Å². The van der Waals surface area contributed by atoms with E-state index in [-0.39, 0.29) is 12.4 Å². The van der Waals surface area contributed by atoms with Crippen LogP contribution in [0.15, 0.2) is 15.8 Å². The Morgan fingerprint density at radius 3 is 2.44 bits per heavy atom. The lowest BCUT2D eigenvalue weighted by molar-refractivity contribution is 0.890. The van der Waals surface area contributed by atoms with Gasteiger partial charge in [0.1, 0.15) is 6.20 Å². The molecule has 0 unspecified atom stereocenters. The number of aromatic amines is 2. The van der Waals surface area contributed by atoms with E-state index in [0.29, 0.717) is 0 Å². The largest absolute Gasteiger partial charge is 0.342 e. The molecule has 0 aliphatic rings. The first kappa shape index (κ1) is 7.90. The van der Waals surface area contributed by atoms with Crippen molar-refractivity contribution in [1.29, 1.82) is 0 Å². The van der Waals surface area contributed by atoms with E-state index in [4.69, 9.17) is 0 Å². The van der Waals surface area contributed by atoms with Gasteiger partial charge >= 0.3 is 5.69 Å². The highest BCUT2D eigenvalue weighted by molar-refractivity contribution is 5.85. The molecule has 0 aromatic carbocycles. The highest BCUT2D eigenvalue weighted by atomic mass is 35.5. The van der Waals surface area contributed by atoms with Crippen molar-refractivity contribution in [3.8, 4) is 0 Å². The number of rotatable bonds is 0. The average molecular weight is 150 g/mol. The van der Waals surface area contributed by atoms with Crippen LogP contribution >= 0.6 is 12.4 Å². The first-order valence-corrected chi connectivity index (χ1v) is 1.93. The smallest absolute Gasteiger partial charge is 0.272 e. The molecule has 1 aromatic rings. The molecule has 5 nitrogen and oxygen atoms in total. The van der Waals surface area contributed by atoms with Crippen LogP contribution in [0.4, 0.5) is 0 Å². The quantitative estimate of drug-likeness (QED) is 0.491. The van der Waals surface area contributed by atoms with Crippen LogP contribution in [-0.2, 0) is 0 Å². The number of halogens is 1. The van der Waals surface area contributed by atoms with Gasteiger partial charge in [0, 0.05) is 0 Å². The van der Waals surface area contributed by atoms with Gasteiger partial charge in [0.25, 0.3) is 5.56 Å². The van der Waals surface area contributed by atoms with Crippen molar-refractivity contribution in [1.82, 2.24) is 15.2 Å². The van der Waals surface area contributed by atoms with E-state index in [1.165, 1.54) is 0 Å². The molecule has 0 amide bonds. The Labute approximate surface area is 55.5 Å². The molecule has 9 heavy (non-hydrogen) atoms. The van der Waals surface area contributed by atoms with Crippen molar-refractivity contribution in [2.45, 2.75) is 0 Å². The van der Waals surface area contributed by atoms with E-state index in [1.807, 2.05) is 10.1 Å². The fourth-order valence-electron chi connectivity index (χ4n) is 0.322. The maximum Gasteiger partial charge on any atom is 0.342 e. The van der Waals surface area contributed by atoms with Crippen molar-refractivity contribution in [3.63, 3.8) is 0 Å². The third kappa shape index (κ3) is 2.09. The van der Waals surface area contributed by atoms with Crippen molar-refractivity contribution in [3.05, 3.63) is 27.0 Å². The zero-order valence-corrected chi connectivity index (χ0v) is 5.07. The molecule has 1 heterocycles. The van der Waals surface area contributed by atoms with Crippen molar-refractivity contribution in [2.75, 3.05) is 0 Å². The molecule has 0 aliphatic heterocycles. The molecule has 6 heteroatoms. The van der Waals surface area contributed by atoms with Crippen LogP contribution < -0.4 is 11.2 Å². The minimum absolute atomic E-state index is 0. The first-order chi connectivity index (χ1) is 3.79. The van der Waals surface area contributed by atoms with Gasteiger partial charge in [-0.25, -0.2) is 9.89 Å². The summed E-state index contributed by atoms with van der Waals surface area (Å²) in [6.07, 6.45) is 0.987. The van der Waals surface area contributed by atoms with E-state index in [1.54, 1.807) is 0 Å². The summed E-state index contributed by atoms with van der Waals surface area (Å²) < 4.78 is 0. The van der Waals surface area contributed by atoms with Gasteiger partial charge in [-0.1, -0.05) is 0 Å². The Morgan fingerprint density at radius 2 is 2.11 bits per heavy atom. The Hall–Kier alpha value is -1.10. The number of nitrogens with zero attached hydrogens (tertiary/aromatic N) is 1. The van der Waals surface area contributed by atoms with Crippen LogP contribution in [0.25, 0.3) is 0 Å². The highest BCUT2D eigenvalue weighted by Gasteiger charge is 1.79. The monoisotopic (exact) mass is 149 g/mol. The van der Waals surface area contributed by atoms with E-state index in [9.17, 15) is 9.59 Å². The lowest BCUT2D eigenvalue weighted by atomic mass is 10.9. The summed E-state index contributed by atoms with van der Waals surface area (Å²) >= 11 is 0. The summed E-state index contributed by atoms with van der Waals surface area (Å²) in [6.45, 7) is 0. The van der Waals surface area contributed by atoms with Gasteiger partial charge < -0.3 is 0 Å². The standard InChI is InChI=1S/C3H3N3O2.ClH/c7-2-1-4-6-3(8)5-2;/h1H,(H2,5,6,7,8);1H. The SMILES string of the molecule is Cl.O=c1cn[nH]c(=O)[nH]1. The van der Waals surface area contributed by atoms with E-state index < -0.39 is 11.2 Å². The minimum Gasteiger partial charge on any atom is -0.272 e. The van der Waals surface area contributed by atoms with E-state index in [2.05, 4.69) is 5.10 Å². The van der Waals surface area contributed by atoms with Gasteiger partial charge in [0.2, 0.25) is 0 Å².